The maximum absolute atomic E-state index is 10.6. The van der Waals surface area contributed by atoms with Crippen LogP contribution in [0.25, 0.3) is 5.69 Å². The first-order chi connectivity index (χ1) is 11.6. The van der Waals surface area contributed by atoms with Crippen molar-refractivity contribution in [3.8, 4) is 5.69 Å². The minimum atomic E-state index is -0.495. The number of pyridine rings is 1. The molecular formula is C16H13BrClN5O2. The number of hydrogen-bond donors (Lipinski definition) is 1. The van der Waals surface area contributed by atoms with Gasteiger partial charge in [-0.2, -0.15) is 5.10 Å². The second-order valence-electron chi connectivity index (χ2n) is 4.81. The predicted octanol–water partition coefficient (Wildman–Crippen LogP) is 4.41. The van der Waals surface area contributed by atoms with E-state index in [1.807, 2.05) is 47.2 Å². The van der Waals surface area contributed by atoms with Gasteiger partial charge in [-0.3, -0.25) is 15.5 Å². The van der Waals surface area contributed by atoms with E-state index >= 15 is 0 Å². The first kappa shape index (κ1) is 18.6. The maximum Gasteiger partial charge on any atom is 0.287 e. The maximum atomic E-state index is 10.6. The highest BCUT2D eigenvalue weighted by Gasteiger charge is 2.04. The highest BCUT2D eigenvalue weighted by atomic mass is 79.9. The molecule has 9 heteroatoms. The predicted molar refractivity (Wildman–Crippen MR) is 103 cm³/mol. The fraction of sp³-hybridized carbons (Fsp3) is 0. The summed E-state index contributed by atoms with van der Waals surface area (Å²) in [4.78, 5) is 14.0. The van der Waals surface area contributed by atoms with Gasteiger partial charge in [-0.05, 0) is 42.5 Å². The van der Waals surface area contributed by atoms with Crippen molar-refractivity contribution in [3.63, 3.8) is 0 Å². The van der Waals surface area contributed by atoms with E-state index in [0.29, 0.717) is 5.82 Å². The first-order valence-corrected chi connectivity index (χ1v) is 7.75. The largest absolute Gasteiger partial charge is 0.316 e. The number of nitro groups is 1. The zero-order valence-corrected chi connectivity index (χ0v) is 15.1. The highest BCUT2D eigenvalue weighted by molar-refractivity contribution is 9.10. The second kappa shape index (κ2) is 8.41. The van der Waals surface area contributed by atoms with E-state index in [4.69, 9.17) is 0 Å². The van der Waals surface area contributed by atoms with Gasteiger partial charge in [0.2, 0.25) is 0 Å². The fourth-order valence-corrected chi connectivity index (χ4v) is 2.33. The molecule has 3 aromatic rings. The topological polar surface area (TPSA) is 85.4 Å². The van der Waals surface area contributed by atoms with Gasteiger partial charge in [0.1, 0.15) is 12.0 Å². The Kier molecular flexibility index (Phi) is 6.26. The van der Waals surface area contributed by atoms with Gasteiger partial charge < -0.3 is 4.57 Å². The van der Waals surface area contributed by atoms with Crippen molar-refractivity contribution in [2.24, 2.45) is 5.10 Å². The van der Waals surface area contributed by atoms with Gasteiger partial charge in [-0.15, -0.1) is 12.4 Å². The molecule has 2 heterocycles. The summed E-state index contributed by atoms with van der Waals surface area (Å²) in [6.07, 6.45) is 4.78. The van der Waals surface area contributed by atoms with Gasteiger partial charge >= 0.3 is 0 Å². The molecule has 0 bridgehead atoms. The van der Waals surface area contributed by atoms with Gasteiger partial charge in [0.15, 0.2) is 0 Å². The number of hydrazone groups is 1. The lowest BCUT2D eigenvalue weighted by molar-refractivity contribution is -0.385. The van der Waals surface area contributed by atoms with Crippen molar-refractivity contribution in [2.75, 3.05) is 5.43 Å². The Morgan fingerprint density at radius 2 is 1.96 bits per heavy atom. The molecule has 0 aliphatic carbocycles. The number of benzene rings is 1. The summed E-state index contributed by atoms with van der Waals surface area (Å²) in [5.41, 5.74) is 4.58. The van der Waals surface area contributed by atoms with Crippen LogP contribution in [0.5, 0.6) is 0 Å². The van der Waals surface area contributed by atoms with Crippen molar-refractivity contribution in [1.82, 2.24) is 9.55 Å². The third-order valence-electron chi connectivity index (χ3n) is 3.22. The van der Waals surface area contributed by atoms with Crippen LogP contribution in [0.4, 0.5) is 11.5 Å². The lowest BCUT2D eigenvalue weighted by Crippen LogP contribution is -2.00. The summed E-state index contributed by atoms with van der Waals surface area (Å²) < 4.78 is 3.00. The van der Waals surface area contributed by atoms with Crippen molar-refractivity contribution >= 4 is 46.1 Å². The zero-order chi connectivity index (χ0) is 16.9. The van der Waals surface area contributed by atoms with Crippen LogP contribution in [0.1, 0.15) is 5.69 Å². The Morgan fingerprint density at radius 1 is 1.20 bits per heavy atom. The van der Waals surface area contributed by atoms with Crippen LogP contribution >= 0.6 is 28.3 Å². The summed E-state index contributed by atoms with van der Waals surface area (Å²) in [6, 6.07) is 14.6. The molecule has 0 atom stereocenters. The van der Waals surface area contributed by atoms with Gasteiger partial charge in [0.25, 0.3) is 5.69 Å². The number of anilines is 1. The average Bonchev–Trinajstić information content (AvgIpc) is 3.04. The Labute approximate surface area is 158 Å². The Morgan fingerprint density at radius 3 is 2.60 bits per heavy atom. The molecule has 3 rings (SSSR count). The molecule has 128 valence electrons. The molecule has 0 amide bonds. The van der Waals surface area contributed by atoms with Crippen molar-refractivity contribution in [3.05, 3.63) is 81.2 Å². The summed E-state index contributed by atoms with van der Waals surface area (Å²) >= 11 is 3.41. The molecule has 0 unspecified atom stereocenters. The lowest BCUT2D eigenvalue weighted by Gasteiger charge is -2.06. The number of aromatic nitrogens is 2. The molecular weight excluding hydrogens is 410 g/mol. The van der Waals surface area contributed by atoms with Crippen LogP contribution in [-0.4, -0.2) is 20.7 Å². The molecule has 0 spiro atoms. The highest BCUT2D eigenvalue weighted by Crippen LogP contribution is 2.16. The number of halogens is 2. The van der Waals surface area contributed by atoms with Gasteiger partial charge in [-0.25, -0.2) is 4.98 Å². The molecule has 1 N–H and O–H groups in total. The molecule has 0 saturated carbocycles. The molecule has 0 radical (unpaired) electrons. The molecule has 0 fully saturated rings. The minimum Gasteiger partial charge on any atom is -0.316 e. The number of hydrogen-bond acceptors (Lipinski definition) is 5. The summed E-state index contributed by atoms with van der Waals surface area (Å²) in [5, 5.41) is 14.7. The molecule has 0 aliphatic heterocycles. The average molecular weight is 423 g/mol. The van der Waals surface area contributed by atoms with Crippen LogP contribution in [-0.2, 0) is 0 Å². The van der Waals surface area contributed by atoms with Gasteiger partial charge in [0, 0.05) is 22.4 Å². The molecule has 2 aromatic heterocycles. The third kappa shape index (κ3) is 4.65. The normalized spacial score (nSPS) is 10.4. The van der Waals surface area contributed by atoms with E-state index in [1.54, 1.807) is 6.21 Å². The summed E-state index contributed by atoms with van der Waals surface area (Å²) in [6.45, 7) is 0. The third-order valence-corrected chi connectivity index (χ3v) is 3.75. The van der Waals surface area contributed by atoms with Crippen LogP contribution in [0.15, 0.2) is 70.5 Å². The molecule has 7 nitrogen and oxygen atoms in total. The smallest absolute Gasteiger partial charge is 0.287 e. The fourth-order valence-electron chi connectivity index (χ4n) is 2.06. The second-order valence-corrected chi connectivity index (χ2v) is 5.72. The summed E-state index contributed by atoms with van der Waals surface area (Å²) in [7, 11) is 0. The van der Waals surface area contributed by atoms with E-state index in [-0.39, 0.29) is 18.1 Å². The van der Waals surface area contributed by atoms with E-state index < -0.39 is 4.92 Å². The van der Waals surface area contributed by atoms with Crippen LogP contribution in [0, 0.1) is 10.1 Å². The van der Waals surface area contributed by atoms with Crippen LogP contribution in [0.2, 0.25) is 0 Å². The standard InChI is InChI=1S/C16H12BrN5O2.ClH/c17-12-3-5-13(6-4-12)21-9-1-2-14(21)11-19-20-16-8-7-15(10-18-16)22(23)24;/h1-11H,(H,18,20);1H. The van der Waals surface area contributed by atoms with Crippen molar-refractivity contribution in [1.29, 1.82) is 0 Å². The van der Waals surface area contributed by atoms with Crippen molar-refractivity contribution in [2.45, 2.75) is 0 Å². The molecule has 0 aliphatic rings. The monoisotopic (exact) mass is 421 g/mol. The SMILES string of the molecule is Cl.O=[N+]([O-])c1ccc(NN=Cc2cccn2-c2ccc(Br)cc2)nc1. The van der Waals surface area contributed by atoms with E-state index in [0.717, 1.165) is 15.9 Å². The molecule has 0 saturated heterocycles. The lowest BCUT2D eigenvalue weighted by atomic mass is 10.3. The number of rotatable bonds is 5. The molecule has 25 heavy (non-hydrogen) atoms. The van der Waals surface area contributed by atoms with Gasteiger partial charge in [-0.1, -0.05) is 15.9 Å². The quantitative estimate of drug-likeness (QED) is 0.375. The van der Waals surface area contributed by atoms with Gasteiger partial charge in [0.05, 0.1) is 16.8 Å². The Bertz CT molecular complexity index is 878. The number of nitrogens with zero attached hydrogens (tertiary/aromatic N) is 4. The van der Waals surface area contributed by atoms with Crippen molar-refractivity contribution < 1.29 is 4.92 Å². The van der Waals surface area contributed by atoms with Crippen LogP contribution < -0.4 is 5.43 Å². The van der Waals surface area contributed by atoms with E-state index in [1.165, 1.54) is 18.3 Å². The van der Waals surface area contributed by atoms with E-state index in [2.05, 4.69) is 31.4 Å². The van der Waals surface area contributed by atoms with Crippen LogP contribution in [0.3, 0.4) is 0 Å². The first-order valence-electron chi connectivity index (χ1n) is 6.96. The number of nitrogens with one attached hydrogen (secondary N) is 1. The Hall–Kier alpha value is -2.71. The minimum absolute atomic E-state index is 0. The Balaban J connectivity index is 0.00000225. The molecule has 1 aromatic carbocycles. The summed E-state index contributed by atoms with van der Waals surface area (Å²) in [5.74, 6) is 0.429. The zero-order valence-electron chi connectivity index (χ0n) is 12.7. The van der Waals surface area contributed by atoms with E-state index in [9.17, 15) is 10.1 Å².